The van der Waals surface area contributed by atoms with Gasteiger partial charge in [0, 0.05) is 23.9 Å². The number of thiophene rings is 1. The normalized spacial score (nSPS) is 14.9. The van der Waals surface area contributed by atoms with Crippen LogP contribution in [0.5, 0.6) is 0 Å². The van der Waals surface area contributed by atoms with Gasteiger partial charge in [-0.2, -0.15) is 4.52 Å². The van der Waals surface area contributed by atoms with Crippen molar-refractivity contribution in [2.75, 3.05) is 30.4 Å². The van der Waals surface area contributed by atoms with Crippen LogP contribution in [-0.4, -0.2) is 51.9 Å². The van der Waals surface area contributed by atoms with E-state index in [4.69, 9.17) is 4.74 Å². The topological polar surface area (TPSA) is 102 Å². The number of hydrogen-bond acceptors (Lipinski definition) is 8. The van der Waals surface area contributed by atoms with Crippen LogP contribution < -0.4 is 10.2 Å². The third kappa shape index (κ3) is 3.67. The van der Waals surface area contributed by atoms with E-state index in [1.54, 1.807) is 10.8 Å². The van der Waals surface area contributed by atoms with Crippen molar-refractivity contribution in [3.05, 3.63) is 34.5 Å². The number of piperidine rings is 1. The molecule has 0 unspecified atom stereocenters. The third-order valence-corrected chi connectivity index (χ3v) is 6.47. The minimum absolute atomic E-state index is 0.0572. The molecule has 1 aliphatic heterocycles. The standard InChI is InChI=1S/C19H22N6O3S/c1-11-12(2)29-18(16(11)19(27)28-3)21-17(26)13-6-8-24(9-7-13)15-5-4-14-22-20-10-25(14)23-15/h4-5,10,13H,6-9H2,1-3H3,(H,21,26). The van der Waals surface area contributed by atoms with Crippen LogP contribution in [0.15, 0.2) is 18.5 Å². The number of carbonyl (C=O) groups excluding carboxylic acids is 2. The highest BCUT2D eigenvalue weighted by molar-refractivity contribution is 7.16. The Morgan fingerprint density at radius 3 is 2.72 bits per heavy atom. The van der Waals surface area contributed by atoms with E-state index in [1.807, 2.05) is 26.0 Å². The maximum Gasteiger partial charge on any atom is 0.341 e. The minimum atomic E-state index is -0.424. The number of ether oxygens (including phenoxy) is 1. The van der Waals surface area contributed by atoms with Gasteiger partial charge in [-0.25, -0.2) is 4.79 Å². The molecule has 0 radical (unpaired) electrons. The molecule has 0 aromatic carbocycles. The highest BCUT2D eigenvalue weighted by Gasteiger charge is 2.28. The first kappa shape index (κ1) is 19.3. The van der Waals surface area contributed by atoms with Gasteiger partial charge >= 0.3 is 5.97 Å². The van der Waals surface area contributed by atoms with Gasteiger partial charge in [0.05, 0.1) is 12.7 Å². The number of amides is 1. The van der Waals surface area contributed by atoms with Crippen molar-refractivity contribution in [1.82, 2.24) is 19.8 Å². The summed E-state index contributed by atoms with van der Waals surface area (Å²) < 4.78 is 6.52. The first-order valence-corrected chi connectivity index (χ1v) is 10.2. The number of aromatic nitrogens is 4. The van der Waals surface area contributed by atoms with Crippen LogP contribution in [0.1, 0.15) is 33.6 Å². The van der Waals surface area contributed by atoms with Gasteiger partial charge in [-0.3, -0.25) is 4.79 Å². The van der Waals surface area contributed by atoms with Crippen molar-refractivity contribution < 1.29 is 14.3 Å². The van der Waals surface area contributed by atoms with Crippen molar-refractivity contribution in [3.8, 4) is 0 Å². The molecule has 9 nitrogen and oxygen atoms in total. The molecular formula is C19H22N6O3S. The molecule has 1 fully saturated rings. The highest BCUT2D eigenvalue weighted by atomic mass is 32.1. The van der Waals surface area contributed by atoms with Crippen LogP contribution in [0.4, 0.5) is 10.8 Å². The maximum absolute atomic E-state index is 12.8. The predicted molar refractivity (Wildman–Crippen MR) is 109 cm³/mol. The number of anilines is 2. The molecule has 0 bridgehead atoms. The number of rotatable bonds is 4. The molecule has 3 aromatic heterocycles. The number of carbonyl (C=O) groups is 2. The van der Waals surface area contributed by atoms with Crippen LogP contribution in [0.3, 0.4) is 0 Å². The average molecular weight is 414 g/mol. The number of esters is 1. The molecule has 1 amide bonds. The number of fused-ring (bicyclic) bond motifs is 1. The Morgan fingerprint density at radius 2 is 2.00 bits per heavy atom. The number of nitrogens with one attached hydrogen (secondary N) is 1. The van der Waals surface area contributed by atoms with Crippen LogP contribution in [0, 0.1) is 19.8 Å². The summed E-state index contributed by atoms with van der Waals surface area (Å²) >= 11 is 1.41. The molecule has 1 N–H and O–H groups in total. The van der Waals surface area contributed by atoms with E-state index >= 15 is 0 Å². The second-order valence-electron chi connectivity index (χ2n) is 7.05. The monoisotopic (exact) mass is 414 g/mol. The molecule has 4 heterocycles. The summed E-state index contributed by atoms with van der Waals surface area (Å²) in [7, 11) is 1.35. The number of aryl methyl sites for hydroxylation is 1. The molecule has 0 saturated carbocycles. The van der Waals surface area contributed by atoms with Crippen molar-refractivity contribution in [2.45, 2.75) is 26.7 Å². The first-order valence-electron chi connectivity index (χ1n) is 9.39. The lowest BCUT2D eigenvalue weighted by Gasteiger charge is -2.31. The molecule has 152 valence electrons. The van der Waals surface area contributed by atoms with Gasteiger partial charge in [-0.1, -0.05) is 0 Å². The Bertz CT molecular complexity index is 1070. The molecule has 0 atom stereocenters. The number of hydrogen-bond donors (Lipinski definition) is 1. The zero-order valence-corrected chi connectivity index (χ0v) is 17.3. The van der Waals surface area contributed by atoms with E-state index < -0.39 is 5.97 Å². The smallest absolute Gasteiger partial charge is 0.341 e. The van der Waals surface area contributed by atoms with Crippen LogP contribution in [0.2, 0.25) is 0 Å². The molecule has 0 aliphatic carbocycles. The van der Waals surface area contributed by atoms with Gasteiger partial charge in [0.25, 0.3) is 0 Å². The van der Waals surface area contributed by atoms with Gasteiger partial charge in [0.1, 0.15) is 17.1 Å². The summed E-state index contributed by atoms with van der Waals surface area (Å²) in [4.78, 5) is 28.1. The third-order valence-electron chi connectivity index (χ3n) is 5.35. The fourth-order valence-corrected chi connectivity index (χ4v) is 4.59. The Kier molecular flexibility index (Phi) is 5.18. The van der Waals surface area contributed by atoms with Crippen LogP contribution in [-0.2, 0) is 9.53 Å². The quantitative estimate of drug-likeness (QED) is 0.654. The zero-order valence-electron chi connectivity index (χ0n) is 16.5. The number of nitrogens with zero attached hydrogens (tertiary/aromatic N) is 5. The molecule has 1 saturated heterocycles. The number of methoxy groups -OCH3 is 1. The average Bonchev–Trinajstić information content (AvgIpc) is 3.31. The Hall–Kier alpha value is -3.01. The molecule has 3 aromatic rings. The van der Waals surface area contributed by atoms with E-state index in [2.05, 4.69) is 25.5 Å². The Morgan fingerprint density at radius 1 is 1.24 bits per heavy atom. The summed E-state index contributed by atoms with van der Waals surface area (Å²) in [5.41, 5.74) is 2.00. The molecule has 4 rings (SSSR count). The van der Waals surface area contributed by atoms with Crippen molar-refractivity contribution in [3.63, 3.8) is 0 Å². The van der Waals surface area contributed by atoms with E-state index in [0.717, 1.165) is 29.3 Å². The summed E-state index contributed by atoms with van der Waals surface area (Å²) in [5, 5.41) is 15.8. The van der Waals surface area contributed by atoms with Crippen LogP contribution in [0.25, 0.3) is 5.65 Å². The SMILES string of the molecule is COC(=O)c1c(NC(=O)C2CCN(c3ccc4nncn4n3)CC2)sc(C)c1C. The van der Waals surface area contributed by atoms with Gasteiger partial charge in [-0.05, 0) is 44.4 Å². The molecule has 10 heteroatoms. The lowest BCUT2D eigenvalue weighted by atomic mass is 9.96. The highest BCUT2D eigenvalue weighted by Crippen LogP contribution is 2.34. The summed E-state index contributed by atoms with van der Waals surface area (Å²) in [6, 6.07) is 3.80. The fourth-order valence-electron chi connectivity index (χ4n) is 3.53. The largest absolute Gasteiger partial charge is 0.465 e. The Balaban J connectivity index is 1.42. The van der Waals surface area contributed by atoms with Gasteiger partial charge in [-0.15, -0.1) is 26.6 Å². The second-order valence-corrected chi connectivity index (χ2v) is 8.28. The first-order chi connectivity index (χ1) is 14.0. The van der Waals surface area contributed by atoms with E-state index in [-0.39, 0.29) is 11.8 Å². The molecular weight excluding hydrogens is 392 g/mol. The summed E-state index contributed by atoms with van der Waals surface area (Å²) in [6.07, 6.45) is 3.00. The summed E-state index contributed by atoms with van der Waals surface area (Å²) in [5.74, 6) is 0.248. The lowest BCUT2D eigenvalue weighted by Crippen LogP contribution is -2.38. The van der Waals surface area contributed by atoms with Gasteiger partial charge < -0.3 is 15.0 Å². The van der Waals surface area contributed by atoms with E-state index in [1.165, 1.54) is 18.4 Å². The summed E-state index contributed by atoms with van der Waals surface area (Å²) in [6.45, 7) is 5.25. The molecule has 29 heavy (non-hydrogen) atoms. The fraction of sp³-hybridized carbons (Fsp3) is 0.421. The van der Waals surface area contributed by atoms with Crippen molar-refractivity contribution in [2.24, 2.45) is 5.92 Å². The maximum atomic E-state index is 12.8. The van der Waals surface area contributed by atoms with Crippen LogP contribution >= 0.6 is 11.3 Å². The lowest BCUT2D eigenvalue weighted by molar-refractivity contribution is -0.120. The van der Waals surface area contributed by atoms with Crippen molar-refractivity contribution >= 4 is 39.7 Å². The van der Waals surface area contributed by atoms with Gasteiger partial charge in [0.2, 0.25) is 5.91 Å². The van der Waals surface area contributed by atoms with Gasteiger partial charge in [0.15, 0.2) is 5.65 Å². The minimum Gasteiger partial charge on any atom is -0.465 e. The molecule has 1 aliphatic rings. The second kappa shape index (κ2) is 7.78. The zero-order chi connectivity index (χ0) is 20.5. The Labute approximate surface area is 171 Å². The van der Waals surface area contributed by atoms with E-state index in [0.29, 0.717) is 29.1 Å². The predicted octanol–water partition coefficient (Wildman–Crippen LogP) is 2.44. The van der Waals surface area contributed by atoms with E-state index in [9.17, 15) is 9.59 Å². The molecule has 0 spiro atoms. The van der Waals surface area contributed by atoms with Crippen molar-refractivity contribution in [1.29, 1.82) is 0 Å².